The van der Waals surface area contributed by atoms with Crippen LogP contribution in [0.2, 0.25) is 0 Å². The second kappa shape index (κ2) is 9.26. The summed E-state index contributed by atoms with van der Waals surface area (Å²) in [6.45, 7) is 4.74. The van der Waals surface area contributed by atoms with E-state index in [2.05, 4.69) is 16.3 Å². The first-order chi connectivity index (χ1) is 14.6. The highest BCUT2D eigenvalue weighted by atomic mass is 16.6. The molecule has 2 aliphatic rings. The lowest BCUT2D eigenvalue weighted by molar-refractivity contribution is -0.384. The van der Waals surface area contributed by atoms with Crippen molar-refractivity contribution < 1.29 is 9.72 Å². The van der Waals surface area contributed by atoms with Gasteiger partial charge < -0.3 is 10.2 Å². The molecule has 7 nitrogen and oxygen atoms in total. The topological polar surface area (TPSA) is 78.7 Å². The maximum atomic E-state index is 12.8. The van der Waals surface area contributed by atoms with Crippen LogP contribution in [0.25, 0.3) is 0 Å². The Labute approximate surface area is 176 Å². The number of nitrogens with one attached hydrogen (secondary N) is 1. The summed E-state index contributed by atoms with van der Waals surface area (Å²) in [6.07, 6.45) is 5.85. The molecule has 0 aliphatic carbocycles. The number of carbonyl (C=O) groups is 1. The van der Waals surface area contributed by atoms with Crippen molar-refractivity contribution in [1.29, 1.82) is 0 Å². The Morgan fingerprint density at radius 1 is 0.967 bits per heavy atom. The van der Waals surface area contributed by atoms with Crippen molar-refractivity contribution in [2.24, 2.45) is 0 Å². The van der Waals surface area contributed by atoms with E-state index in [9.17, 15) is 14.9 Å². The van der Waals surface area contributed by atoms with Gasteiger partial charge in [0.1, 0.15) is 5.69 Å². The molecule has 0 saturated carbocycles. The number of rotatable bonds is 6. The van der Waals surface area contributed by atoms with E-state index in [4.69, 9.17) is 0 Å². The molecular weight excluding hydrogens is 380 g/mol. The monoisotopic (exact) mass is 408 g/mol. The summed E-state index contributed by atoms with van der Waals surface area (Å²) in [5.74, 6) is -0.332. The molecule has 0 bridgehead atoms. The molecule has 1 amide bonds. The van der Waals surface area contributed by atoms with Gasteiger partial charge in [0.25, 0.3) is 11.6 Å². The third-order valence-electron chi connectivity index (χ3n) is 5.92. The Hall–Kier alpha value is -2.93. The largest absolute Gasteiger partial charge is 0.366 e. The van der Waals surface area contributed by atoms with Gasteiger partial charge in [0.2, 0.25) is 0 Å². The summed E-state index contributed by atoms with van der Waals surface area (Å²) in [4.78, 5) is 28.4. The van der Waals surface area contributed by atoms with Crippen LogP contribution in [0, 0.1) is 10.1 Å². The van der Waals surface area contributed by atoms with Crippen molar-refractivity contribution in [2.45, 2.75) is 38.6 Å². The fraction of sp³-hybridized carbons (Fsp3) is 0.435. The third-order valence-corrected chi connectivity index (χ3v) is 5.92. The van der Waals surface area contributed by atoms with Gasteiger partial charge in [-0.3, -0.25) is 19.8 Å². The molecule has 158 valence electrons. The molecule has 0 spiro atoms. The van der Waals surface area contributed by atoms with Crippen molar-refractivity contribution in [3.05, 3.63) is 63.7 Å². The second-order valence-corrected chi connectivity index (χ2v) is 8.15. The number of nitro benzene ring substituents is 1. The summed E-state index contributed by atoms with van der Waals surface area (Å²) in [7, 11) is 0. The highest BCUT2D eigenvalue weighted by Crippen LogP contribution is 2.32. The van der Waals surface area contributed by atoms with E-state index in [0.717, 1.165) is 51.1 Å². The molecule has 2 saturated heterocycles. The maximum Gasteiger partial charge on any atom is 0.293 e. The van der Waals surface area contributed by atoms with E-state index in [0.29, 0.717) is 16.9 Å². The first kappa shape index (κ1) is 20.3. The number of amides is 1. The van der Waals surface area contributed by atoms with Gasteiger partial charge in [-0.05, 0) is 68.6 Å². The van der Waals surface area contributed by atoms with Crippen LogP contribution in [-0.4, -0.2) is 41.9 Å². The Morgan fingerprint density at radius 2 is 1.70 bits per heavy atom. The van der Waals surface area contributed by atoms with Crippen molar-refractivity contribution in [2.75, 3.05) is 36.4 Å². The molecule has 2 aromatic carbocycles. The van der Waals surface area contributed by atoms with Gasteiger partial charge >= 0.3 is 0 Å². The van der Waals surface area contributed by atoms with E-state index >= 15 is 0 Å². The summed E-state index contributed by atoms with van der Waals surface area (Å²) >= 11 is 0. The molecule has 0 unspecified atom stereocenters. The first-order valence-corrected chi connectivity index (χ1v) is 10.8. The van der Waals surface area contributed by atoms with Crippen LogP contribution in [0.5, 0.6) is 0 Å². The van der Waals surface area contributed by atoms with Crippen molar-refractivity contribution in [3.63, 3.8) is 0 Å². The van der Waals surface area contributed by atoms with E-state index in [1.54, 1.807) is 12.1 Å². The minimum Gasteiger partial charge on any atom is -0.366 e. The van der Waals surface area contributed by atoms with Crippen molar-refractivity contribution in [1.82, 2.24) is 4.90 Å². The predicted octanol–water partition coefficient (Wildman–Crippen LogP) is 4.43. The zero-order valence-corrected chi connectivity index (χ0v) is 17.2. The number of anilines is 2. The summed E-state index contributed by atoms with van der Waals surface area (Å²) in [5, 5.41) is 14.5. The molecular formula is C23H28N4O3. The fourth-order valence-electron chi connectivity index (χ4n) is 4.36. The van der Waals surface area contributed by atoms with Gasteiger partial charge in [0, 0.05) is 37.0 Å². The molecule has 4 rings (SSSR count). The van der Waals surface area contributed by atoms with Gasteiger partial charge in [-0.1, -0.05) is 18.6 Å². The SMILES string of the molecule is O=C(Nc1cccc(CN2CCCCC2)c1)c1ccc(N2CCCC2)c([N+](=O)[O-])c1. The number of piperidine rings is 1. The van der Waals surface area contributed by atoms with Crippen LogP contribution in [0.1, 0.15) is 48.0 Å². The lowest BCUT2D eigenvalue weighted by Gasteiger charge is -2.26. The zero-order valence-electron chi connectivity index (χ0n) is 17.2. The minimum absolute atomic E-state index is 0.0107. The number of nitro groups is 1. The molecule has 1 N–H and O–H groups in total. The molecule has 2 fully saturated rings. The maximum absolute atomic E-state index is 12.8. The van der Waals surface area contributed by atoms with Crippen LogP contribution < -0.4 is 10.2 Å². The fourth-order valence-corrected chi connectivity index (χ4v) is 4.36. The van der Waals surface area contributed by atoms with Crippen LogP contribution in [-0.2, 0) is 6.54 Å². The van der Waals surface area contributed by atoms with Crippen molar-refractivity contribution in [3.8, 4) is 0 Å². The van der Waals surface area contributed by atoms with E-state index < -0.39 is 4.92 Å². The Kier molecular flexibility index (Phi) is 6.28. The van der Waals surface area contributed by atoms with Gasteiger partial charge in [0.05, 0.1) is 4.92 Å². The normalized spacial score (nSPS) is 17.1. The number of hydrogen-bond donors (Lipinski definition) is 1. The van der Waals surface area contributed by atoms with Gasteiger partial charge in [-0.25, -0.2) is 0 Å². The summed E-state index contributed by atoms with van der Waals surface area (Å²) < 4.78 is 0. The molecule has 0 radical (unpaired) electrons. The van der Waals surface area contributed by atoms with E-state index in [-0.39, 0.29) is 11.6 Å². The molecule has 0 atom stereocenters. The third kappa shape index (κ3) is 4.79. The lowest BCUT2D eigenvalue weighted by atomic mass is 10.1. The minimum atomic E-state index is -0.399. The summed E-state index contributed by atoms with van der Waals surface area (Å²) in [6, 6.07) is 12.6. The highest BCUT2D eigenvalue weighted by Gasteiger charge is 2.24. The molecule has 0 aromatic heterocycles. The second-order valence-electron chi connectivity index (χ2n) is 8.15. The van der Waals surface area contributed by atoms with Crippen LogP contribution in [0.4, 0.5) is 17.1 Å². The number of carbonyl (C=O) groups excluding carboxylic acids is 1. The summed E-state index contributed by atoms with van der Waals surface area (Å²) in [5.41, 5.74) is 2.75. The number of nitrogens with zero attached hydrogens (tertiary/aromatic N) is 3. The molecule has 30 heavy (non-hydrogen) atoms. The highest BCUT2D eigenvalue weighted by molar-refractivity contribution is 6.05. The Balaban J connectivity index is 1.47. The smallest absolute Gasteiger partial charge is 0.293 e. The molecule has 7 heteroatoms. The Morgan fingerprint density at radius 3 is 2.43 bits per heavy atom. The van der Waals surface area contributed by atoms with Crippen LogP contribution in [0.3, 0.4) is 0 Å². The van der Waals surface area contributed by atoms with E-state index in [1.165, 1.54) is 25.3 Å². The van der Waals surface area contributed by atoms with Gasteiger partial charge in [-0.2, -0.15) is 0 Å². The zero-order chi connectivity index (χ0) is 20.9. The lowest BCUT2D eigenvalue weighted by Crippen LogP contribution is -2.29. The molecule has 2 aromatic rings. The Bertz CT molecular complexity index is 918. The predicted molar refractivity (Wildman–Crippen MR) is 118 cm³/mol. The number of hydrogen-bond acceptors (Lipinski definition) is 5. The molecule has 2 heterocycles. The number of benzene rings is 2. The van der Waals surface area contributed by atoms with Gasteiger partial charge in [-0.15, -0.1) is 0 Å². The first-order valence-electron chi connectivity index (χ1n) is 10.8. The van der Waals surface area contributed by atoms with E-state index in [1.807, 2.05) is 23.1 Å². The van der Waals surface area contributed by atoms with Crippen molar-refractivity contribution >= 4 is 23.0 Å². The standard InChI is InChI=1S/C23H28N4O3/c28-23(19-9-10-21(22(16-19)27(29)30)26-13-4-5-14-26)24-20-8-6-7-18(15-20)17-25-11-2-1-3-12-25/h6-10,15-16H,1-5,11-14,17H2,(H,24,28). The average Bonchev–Trinajstić information content (AvgIpc) is 3.29. The number of likely N-dealkylation sites (tertiary alicyclic amines) is 1. The molecule has 2 aliphatic heterocycles. The van der Waals surface area contributed by atoms with Crippen LogP contribution in [0.15, 0.2) is 42.5 Å². The van der Waals surface area contributed by atoms with Crippen LogP contribution >= 0.6 is 0 Å². The average molecular weight is 409 g/mol. The van der Waals surface area contributed by atoms with Gasteiger partial charge in [0.15, 0.2) is 0 Å². The quantitative estimate of drug-likeness (QED) is 0.565.